The first kappa shape index (κ1) is 15.6. The van der Waals surface area contributed by atoms with Crippen LogP contribution in [0.4, 0.5) is 4.39 Å². The third-order valence-corrected chi connectivity index (χ3v) is 3.82. The van der Waals surface area contributed by atoms with Crippen molar-refractivity contribution in [2.24, 2.45) is 0 Å². The van der Waals surface area contributed by atoms with E-state index in [-0.39, 0.29) is 23.7 Å². The van der Waals surface area contributed by atoms with Crippen molar-refractivity contribution in [1.29, 1.82) is 0 Å². The standard InChI is InChI=1S/C16H19FN4O2/c1-11-19-15(16(22)18-9-8-14-3-2-10-23-14)20-21(11)13-6-4-12(17)5-7-13/h4-7,14H,2-3,8-10H2,1H3,(H,18,22)/t14-/m1/s1. The number of ether oxygens (including phenoxy) is 1. The van der Waals surface area contributed by atoms with Crippen LogP contribution in [0.3, 0.4) is 0 Å². The van der Waals surface area contributed by atoms with E-state index in [9.17, 15) is 9.18 Å². The SMILES string of the molecule is Cc1nc(C(=O)NCC[C@H]2CCCO2)nn1-c1ccc(F)cc1. The van der Waals surface area contributed by atoms with E-state index in [1.165, 1.54) is 16.8 Å². The summed E-state index contributed by atoms with van der Waals surface area (Å²) in [4.78, 5) is 16.3. The average molecular weight is 318 g/mol. The van der Waals surface area contributed by atoms with Crippen LogP contribution in [0.1, 0.15) is 35.7 Å². The van der Waals surface area contributed by atoms with Gasteiger partial charge in [-0.25, -0.2) is 14.1 Å². The lowest BCUT2D eigenvalue weighted by molar-refractivity contribution is 0.0899. The van der Waals surface area contributed by atoms with Gasteiger partial charge in [0.2, 0.25) is 5.82 Å². The van der Waals surface area contributed by atoms with Gasteiger partial charge in [0.05, 0.1) is 11.8 Å². The van der Waals surface area contributed by atoms with Crippen LogP contribution in [0.15, 0.2) is 24.3 Å². The molecule has 122 valence electrons. The largest absolute Gasteiger partial charge is 0.378 e. The van der Waals surface area contributed by atoms with Crippen molar-refractivity contribution < 1.29 is 13.9 Å². The smallest absolute Gasteiger partial charge is 0.290 e. The number of aromatic nitrogens is 3. The maximum Gasteiger partial charge on any atom is 0.290 e. The molecule has 7 heteroatoms. The highest BCUT2D eigenvalue weighted by Gasteiger charge is 2.18. The van der Waals surface area contributed by atoms with Crippen molar-refractivity contribution in [3.63, 3.8) is 0 Å². The molecule has 1 fully saturated rings. The molecule has 1 N–H and O–H groups in total. The minimum Gasteiger partial charge on any atom is -0.378 e. The molecule has 3 rings (SSSR count). The number of aryl methyl sites for hydroxylation is 1. The summed E-state index contributed by atoms with van der Waals surface area (Å²) in [6.07, 6.45) is 3.17. The second-order valence-corrected chi connectivity index (χ2v) is 5.55. The number of carbonyl (C=O) groups excluding carboxylic acids is 1. The quantitative estimate of drug-likeness (QED) is 0.915. The number of nitrogens with zero attached hydrogens (tertiary/aromatic N) is 3. The average Bonchev–Trinajstić information content (AvgIpc) is 3.18. The number of hydrogen-bond acceptors (Lipinski definition) is 4. The third-order valence-electron chi connectivity index (χ3n) is 3.82. The first-order valence-corrected chi connectivity index (χ1v) is 7.73. The van der Waals surface area contributed by atoms with E-state index in [2.05, 4.69) is 15.4 Å². The number of hydrogen-bond donors (Lipinski definition) is 1. The Balaban J connectivity index is 1.62. The van der Waals surface area contributed by atoms with Crippen molar-refractivity contribution in [3.05, 3.63) is 41.7 Å². The van der Waals surface area contributed by atoms with Crippen LogP contribution >= 0.6 is 0 Å². The summed E-state index contributed by atoms with van der Waals surface area (Å²) >= 11 is 0. The summed E-state index contributed by atoms with van der Waals surface area (Å²) in [5.41, 5.74) is 0.662. The lowest BCUT2D eigenvalue weighted by Gasteiger charge is -2.08. The van der Waals surface area contributed by atoms with Crippen LogP contribution in [0.25, 0.3) is 5.69 Å². The van der Waals surface area contributed by atoms with Crippen molar-refractivity contribution >= 4 is 5.91 Å². The molecule has 23 heavy (non-hydrogen) atoms. The van der Waals surface area contributed by atoms with Gasteiger partial charge in [-0.05, 0) is 50.5 Å². The molecule has 1 aliphatic heterocycles. The highest BCUT2D eigenvalue weighted by Crippen LogP contribution is 2.14. The number of rotatable bonds is 5. The van der Waals surface area contributed by atoms with Crippen LogP contribution < -0.4 is 5.32 Å². The summed E-state index contributed by atoms with van der Waals surface area (Å²) in [5.74, 6) is 0.0469. The van der Waals surface area contributed by atoms with Crippen molar-refractivity contribution in [3.8, 4) is 5.69 Å². The van der Waals surface area contributed by atoms with Crippen LogP contribution in [0.5, 0.6) is 0 Å². The minimum atomic E-state index is -0.321. The monoisotopic (exact) mass is 318 g/mol. The summed E-state index contributed by atoms with van der Waals surface area (Å²) in [5, 5.41) is 7.01. The number of carbonyl (C=O) groups is 1. The Bertz CT molecular complexity index is 678. The molecule has 0 unspecified atom stereocenters. The minimum absolute atomic E-state index is 0.110. The van der Waals surface area contributed by atoms with Gasteiger partial charge in [0, 0.05) is 13.2 Å². The Labute approximate surface area is 133 Å². The van der Waals surface area contributed by atoms with Gasteiger partial charge in [-0.3, -0.25) is 4.79 Å². The first-order valence-electron chi connectivity index (χ1n) is 7.73. The fourth-order valence-corrected chi connectivity index (χ4v) is 2.61. The van der Waals surface area contributed by atoms with Gasteiger partial charge < -0.3 is 10.1 Å². The highest BCUT2D eigenvalue weighted by atomic mass is 19.1. The molecule has 0 radical (unpaired) electrons. The van der Waals surface area contributed by atoms with E-state index in [1.807, 2.05) is 0 Å². The molecule has 1 amide bonds. The van der Waals surface area contributed by atoms with E-state index < -0.39 is 0 Å². The van der Waals surface area contributed by atoms with Crippen LogP contribution in [0.2, 0.25) is 0 Å². The Morgan fingerprint density at radius 2 is 2.22 bits per heavy atom. The lowest BCUT2D eigenvalue weighted by atomic mass is 10.2. The molecule has 0 aliphatic carbocycles. The van der Waals surface area contributed by atoms with Gasteiger partial charge in [-0.15, -0.1) is 5.10 Å². The maximum atomic E-state index is 13.0. The summed E-state index contributed by atoms with van der Waals surface area (Å²) < 4.78 is 20.0. The molecule has 0 saturated carbocycles. The molecule has 1 saturated heterocycles. The molecule has 1 aromatic carbocycles. The zero-order valence-corrected chi connectivity index (χ0v) is 13.0. The van der Waals surface area contributed by atoms with Gasteiger partial charge in [0.1, 0.15) is 11.6 Å². The van der Waals surface area contributed by atoms with Gasteiger partial charge in [0.15, 0.2) is 0 Å². The molecule has 1 aromatic heterocycles. The summed E-state index contributed by atoms with van der Waals surface area (Å²) in [6, 6.07) is 5.88. The fraction of sp³-hybridized carbons (Fsp3) is 0.438. The number of amides is 1. The van der Waals surface area contributed by atoms with Gasteiger partial charge in [-0.2, -0.15) is 0 Å². The van der Waals surface area contributed by atoms with Crippen LogP contribution in [-0.2, 0) is 4.74 Å². The Hall–Kier alpha value is -2.28. The highest BCUT2D eigenvalue weighted by molar-refractivity contribution is 5.90. The molecule has 2 heterocycles. The molecule has 0 bridgehead atoms. The fourth-order valence-electron chi connectivity index (χ4n) is 2.61. The van der Waals surface area contributed by atoms with E-state index in [1.54, 1.807) is 19.1 Å². The number of halogens is 1. The molecule has 1 aliphatic rings. The summed E-state index contributed by atoms with van der Waals surface area (Å²) in [6.45, 7) is 3.09. The predicted molar refractivity (Wildman–Crippen MR) is 82.0 cm³/mol. The van der Waals surface area contributed by atoms with E-state index in [0.29, 0.717) is 18.1 Å². The second kappa shape index (κ2) is 6.87. The zero-order chi connectivity index (χ0) is 16.2. The maximum absolute atomic E-state index is 13.0. The van der Waals surface area contributed by atoms with E-state index in [4.69, 9.17) is 4.74 Å². The van der Waals surface area contributed by atoms with Crippen molar-refractivity contribution in [1.82, 2.24) is 20.1 Å². The molecular weight excluding hydrogens is 299 g/mol. The number of benzene rings is 1. The van der Waals surface area contributed by atoms with Crippen molar-refractivity contribution in [2.75, 3.05) is 13.2 Å². The zero-order valence-electron chi connectivity index (χ0n) is 13.0. The lowest BCUT2D eigenvalue weighted by Crippen LogP contribution is -2.28. The molecule has 6 nitrogen and oxygen atoms in total. The summed E-state index contributed by atoms with van der Waals surface area (Å²) in [7, 11) is 0. The second-order valence-electron chi connectivity index (χ2n) is 5.55. The topological polar surface area (TPSA) is 69.0 Å². The van der Waals surface area contributed by atoms with Gasteiger partial charge >= 0.3 is 0 Å². The van der Waals surface area contributed by atoms with E-state index >= 15 is 0 Å². The van der Waals surface area contributed by atoms with Crippen LogP contribution in [0, 0.1) is 12.7 Å². The van der Waals surface area contributed by atoms with Crippen molar-refractivity contribution in [2.45, 2.75) is 32.3 Å². The molecular formula is C16H19FN4O2. The normalized spacial score (nSPS) is 17.4. The van der Waals surface area contributed by atoms with Gasteiger partial charge in [0.25, 0.3) is 5.91 Å². The predicted octanol–water partition coefficient (Wildman–Crippen LogP) is 2.01. The number of nitrogens with one attached hydrogen (secondary N) is 1. The Morgan fingerprint density at radius 1 is 1.43 bits per heavy atom. The van der Waals surface area contributed by atoms with E-state index in [0.717, 1.165) is 25.9 Å². The first-order chi connectivity index (χ1) is 11.1. The third kappa shape index (κ3) is 3.73. The molecule has 2 aromatic rings. The Kier molecular flexibility index (Phi) is 4.66. The Morgan fingerprint density at radius 3 is 2.91 bits per heavy atom. The van der Waals surface area contributed by atoms with Gasteiger partial charge in [-0.1, -0.05) is 0 Å². The molecule has 1 atom stereocenters. The molecule has 0 spiro atoms. The van der Waals surface area contributed by atoms with Crippen LogP contribution in [-0.4, -0.2) is 39.9 Å².